The zero-order valence-electron chi connectivity index (χ0n) is 10.9. The van der Waals surface area contributed by atoms with Gasteiger partial charge in [-0.2, -0.15) is 0 Å². The highest BCUT2D eigenvalue weighted by molar-refractivity contribution is 5.80. The van der Waals surface area contributed by atoms with E-state index in [0.717, 1.165) is 25.8 Å². The van der Waals surface area contributed by atoms with E-state index in [1.165, 1.54) is 4.90 Å². The van der Waals surface area contributed by atoms with Gasteiger partial charge < -0.3 is 14.9 Å². The summed E-state index contributed by atoms with van der Waals surface area (Å²) >= 11 is 0. The lowest BCUT2D eigenvalue weighted by Crippen LogP contribution is -2.51. The second-order valence-electron chi connectivity index (χ2n) is 5.17. The highest BCUT2D eigenvalue weighted by Crippen LogP contribution is 2.29. The normalized spacial score (nSPS) is 18.2. The van der Waals surface area contributed by atoms with E-state index in [1.807, 2.05) is 20.8 Å². The Bertz CT molecular complexity index is 302. The van der Waals surface area contributed by atoms with Crippen molar-refractivity contribution in [2.45, 2.75) is 45.6 Å². The van der Waals surface area contributed by atoms with Gasteiger partial charge in [-0.3, -0.25) is 4.79 Å². The Morgan fingerprint density at radius 1 is 1.41 bits per heavy atom. The largest absolute Gasteiger partial charge is 0.480 e. The number of amides is 2. The van der Waals surface area contributed by atoms with Crippen LogP contribution in [0.1, 0.15) is 40.0 Å². The molecule has 0 atom stereocenters. The number of nitrogens with zero attached hydrogens (tertiary/aromatic N) is 2. The molecule has 0 aromatic rings. The predicted molar refractivity (Wildman–Crippen MR) is 64.9 cm³/mol. The first-order chi connectivity index (χ1) is 7.88. The van der Waals surface area contributed by atoms with Gasteiger partial charge in [0.2, 0.25) is 0 Å². The van der Waals surface area contributed by atoms with Crippen LogP contribution in [0.4, 0.5) is 4.79 Å². The predicted octanol–water partition coefficient (Wildman–Crippen LogP) is 1.78. The Balaban J connectivity index is 2.73. The molecule has 0 saturated carbocycles. The molecule has 1 fully saturated rings. The van der Waals surface area contributed by atoms with E-state index < -0.39 is 5.97 Å². The number of carbonyl (C=O) groups excluding carboxylic acids is 1. The van der Waals surface area contributed by atoms with Crippen molar-refractivity contribution < 1.29 is 14.7 Å². The van der Waals surface area contributed by atoms with Gasteiger partial charge in [0.25, 0.3) is 0 Å². The first kappa shape index (κ1) is 13.8. The van der Waals surface area contributed by atoms with Crippen molar-refractivity contribution in [2.75, 3.05) is 19.6 Å². The number of urea groups is 1. The molecule has 0 radical (unpaired) electrons. The molecule has 1 rings (SSSR count). The molecule has 98 valence electrons. The van der Waals surface area contributed by atoms with Crippen LogP contribution in [-0.4, -0.2) is 52.1 Å². The minimum absolute atomic E-state index is 0.142. The topological polar surface area (TPSA) is 60.9 Å². The molecule has 0 unspecified atom stereocenters. The van der Waals surface area contributed by atoms with Gasteiger partial charge >= 0.3 is 12.0 Å². The molecule has 0 spiro atoms. The van der Waals surface area contributed by atoms with Crippen LogP contribution >= 0.6 is 0 Å². The van der Waals surface area contributed by atoms with E-state index >= 15 is 0 Å². The van der Waals surface area contributed by atoms with E-state index in [9.17, 15) is 9.59 Å². The average molecular weight is 242 g/mol. The molecular weight excluding hydrogens is 220 g/mol. The zero-order valence-corrected chi connectivity index (χ0v) is 10.9. The maximum Gasteiger partial charge on any atom is 0.323 e. The monoisotopic (exact) mass is 242 g/mol. The third-order valence-electron chi connectivity index (χ3n) is 3.22. The molecule has 1 saturated heterocycles. The fourth-order valence-electron chi connectivity index (χ4n) is 2.31. The Morgan fingerprint density at radius 2 is 2.06 bits per heavy atom. The molecule has 0 bridgehead atoms. The Labute approximate surface area is 102 Å². The van der Waals surface area contributed by atoms with Gasteiger partial charge in [-0.05, 0) is 33.1 Å². The summed E-state index contributed by atoms with van der Waals surface area (Å²) in [6.45, 7) is 7.02. The fraction of sp³-hybridized carbons (Fsp3) is 0.833. The highest BCUT2D eigenvalue weighted by atomic mass is 16.4. The van der Waals surface area contributed by atoms with Crippen LogP contribution in [0, 0.1) is 0 Å². The third kappa shape index (κ3) is 3.35. The smallest absolute Gasteiger partial charge is 0.323 e. The maximum absolute atomic E-state index is 12.3. The van der Waals surface area contributed by atoms with Crippen molar-refractivity contribution in [1.82, 2.24) is 9.80 Å². The van der Waals surface area contributed by atoms with Gasteiger partial charge in [0, 0.05) is 18.6 Å². The number of carboxylic acid groups (broad SMARTS) is 1. The summed E-state index contributed by atoms with van der Waals surface area (Å²) in [5.74, 6) is -0.955. The molecule has 1 N–H and O–H groups in total. The van der Waals surface area contributed by atoms with Crippen LogP contribution in [0.3, 0.4) is 0 Å². The molecule has 1 aliphatic rings. The van der Waals surface area contributed by atoms with E-state index in [1.54, 1.807) is 4.90 Å². The van der Waals surface area contributed by atoms with Gasteiger partial charge in [0.15, 0.2) is 0 Å². The number of hydrogen-bond donors (Lipinski definition) is 1. The third-order valence-corrected chi connectivity index (χ3v) is 3.22. The summed E-state index contributed by atoms with van der Waals surface area (Å²) in [4.78, 5) is 26.3. The van der Waals surface area contributed by atoms with E-state index in [4.69, 9.17) is 5.11 Å². The number of carbonyl (C=O) groups is 2. The molecule has 0 aromatic heterocycles. The number of hydrogen-bond acceptors (Lipinski definition) is 2. The van der Waals surface area contributed by atoms with Crippen LogP contribution in [0.5, 0.6) is 0 Å². The number of rotatable bonds is 4. The van der Waals surface area contributed by atoms with E-state index in [0.29, 0.717) is 6.54 Å². The highest BCUT2D eigenvalue weighted by Gasteiger charge is 2.37. The molecule has 1 heterocycles. The van der Waals surface area contributed by atoms with Gasteiger partial charge in [-0.25, -0.2) is 4.79 Å². The summed E-state index contributed by atoms with van der Waals surface area (Å²) < 4.78 is 0. The van der Waals surface area contributed by atoms with Gasteiger partial charge in [0.05, 0.1) is 0 Å². The van der Waals surface area contributed by atoms with Gasteiger partial charge in [0.1, 0.15) is 6.54 Å². The Hall–Kier alpha value is -1.26. The zero-order chi connectivity index (χ0) is 13.1. The minimum Gasteiger partial charge on any atom is -0.480 e. The lowest BCUT2D eigenvalue weighted by molar-refractivity contribution is -0.137. The fourth-order valence-corrected chi connectivity index (χ4v) is 2.31. The van der Waals surface area contributed by atoms with Gasteiger partial charge in [-0.1, -0.05) is 6.92 Å². The standard InChI is InChI=1S/C12H22N2O3/c1-4-7-13(9-10(15)16)11(17)14-8-5-6-12(14,2)3/h4-9H2,1-3H3,(H,15,16). The summed E-state index contributed by atoms with van der Waals surface area (Å²) in [5.41, 5.74) is -0.151. The molecule has 2 amide bonds. The van der Waals surface area contributed by atoms with Crippen molar-refractivity contribution in [3.63, 3.8) is 0 Å². The molecule has 0 aromatic carbocycles. The summed E-state index contributed by atoms with van der Waals surface area (Å²) in [5, 5.41) is 8.82. The van der Waals surface area contributed by atoms with Crippen LogP contribution < -0.4 is 0 Å². The molecule has 1 aliphatic heterocycles. The van der Waals surface area contributed by atoms with Crippen LogP contribution in [0.15, 0.2) is 0 Å². The van der Waals surface area contributed by atoms with E-state index in [2.05, 4.69) is 0 Å². The lowest BCUT2D eigenvalue weighted by atomic mass is 10.0. The van der Waals surface area contributed by atoms with Crippen LogP contribution in [0.2, 0.25) is 0 Å². The SMILES string of the molecule is CCCN(CC(=O)O)C(=O)N1CCCC1(C)C. The average Bonchev–Trinajstić information content (AvgIpc) is 2.56. The van der Waals surface area contributed by atoms with Crippen molar-refractivity contribution in [3.8, 4) is 0 Å². The Kier molecular flexibility index (Phi) is 4.37. The van der Waals surface area contributed by atoms with E-state index in [-0.39, 0.29) is 18.1 Å². The number of likely N-dealkylation sites (tertiary alicyclic amines) is 1. The summed E-state index contributed by atoms with van der Waals surface area (Å²) in [6.07, 6.45) is 2.74. The van der Waals surface area contributed by atoms with Gasteiger partial charge in [-0.15, -0.1) is 0 Å². The number of carboxylic acids is 1. The first-order valence-electron chi connectivity index (χ1n) is 6.17. The minimum atomic E-state index is -0.955. The molecule has 17 heavy (non-hydrogen) atoms. The van der Waals surface area contributed by atoms with Crippen molar-refractivity contribution in [2.24, 2.45) is 0 Å². The Morgan fingerprint density at radius 3 is 2.47 bits per heavy atom. The first-order valence-corrected chi connectivity index (χ1v) is 6.17. The van der Waals surface area contributed by atoms with Crippen LogP contribution in [-0.2, 0) is 4.79 Å². The lowest BCUT2D eigenvalue weighted by Gasteiger charge is -2.35. The van der Waals surface area contributed by atoms with Crippen molar-refractivity contribution in [3.05, 3.63) is 0 Å². The molecule has 5 heteroatoms. The molecule has 0 aliphatic carbocycles. The second kappa shape index (κ2) is 5.38. The second-order valence-corrected chi connectivity index (χ2v) is 5.17. The summed E-state index contributed by atoms with van der Waals surface area (Å²) in [7, 11) is 0. The summed E-state index contributed by atoms with van der Waals surface area (Å²) in [6, 6.07) is -0.142. The molecule has 5 nitrogen and oxygen atoms in total. The number of aliphatic carboxylic acids is 1. The van der Waals surface area contributed by atoms with Crippen molar-refractivity contribution >= 4 is 12.0 Å². The molecular formula is C12H22N2O3. The maximum atomic E-state index is 12.3. The quantitative estimate of drug-likeness (QED) is 0.817. The van der Waals surface area contributed by atoms with Crippen molar-refractivity contribution in [1.29, 1.82) is 0 Å². The van der Waals surface area contributed by atoms with Crippen LogP contribution in [0.25, 0.3) is 0 Å².